The Hall–Kier alpha value is -2.83. The summed E-state index contributed by atoms with van der Waals surface area (Å²) < 4.78 is 40.2. The summed E-state index contributed by atoms with van der Waals surface area (Å²) in [4.78, 5) is 24.6. The van der Waals surface area contributed by atoms with Crippen molar-refractivity contribution in [1.82, 2.24) is 0 Å². The number of nitrogens with one attached hydrogen (secondary N) is 2. The van der Waals surface area contributed by atoms with Gasteiger partial charge in [-0.25, -0.2) is 13.2 Å². The van der Waals surface area contributed by atoms with E-state index in [0.717, 1.165) is 6.07 Å². The highest BCUT2D eigenvalue weighted by Gasteiger charge is 2.30. The molecule has 2 aromatic carbocycles. The Morgan fingerprint density at radius 3 is 1.78 bits per heavy atom. The first-order chi connectivity index (χ1) is 12.9. The van der Waals surface area contributed by atoms with Crippen LogP contribution in [0, 0.1) is 29.3 Å². The Kier molecular flexibility index (Phi) is 5.78. The van der Waals surface area contributed by atoms with Crippen LogP contribution in [0.2, 0.25) is 0 Å². The third-order valence-electron chi connectivity index (χ3n) is 4.79. The lowest BCUT2D eigenvalue weighted by Gasteiger charge is -2.27. The van der Waals surface area contributed by atoms with Gasteiger partial charge in [-0.05, 0) is 49.9 Å². The third-order valence-corrected chi connectivity index (χ3v) is 4.79. The number of anilines is 2. The van der Waals surface area contributed by atoms with Crippen LogP contribution in [0.3, 0.4) is 0 Å². The van der Waals surface area contributed by atoms with E-state index >= 15 is 0 Å². The highest BCUT2D eigenvalue weighted by atomic mass is 19.1. The number of benzene rings is 2. The van der Waals surface area contributed by atoms with Crippen molar-refractivity contribution in [3.8, 4) is 0 Å². The van der Waals surface area contributed by atoms with E-state index in [1.165, 1.54) is 18.2 Å². The topological polar surface area (TPSA) is 58.2 Å². The van der Waals surface area contributed by atoms with Crippen molar-refractivity contribution < 1.29 is 22.8 Å². The summed E-state index contributed by atoms with van der Waals surface area (Å²) in [6.45, 7) is 0. The van der Waals surface area contributed by atoms with Crippen molar-refractivity contribution in [3.63, 3.8) is 0 Å². The summed E-state index contributed by atoms with van der Waals surface area (Å²) in [5, 5.41) is 5.04. The van der Waals surface area contributed by atoms with Gasteiger partial charge >= 0.3 is 0 Å². The second-order valence-electron chi connectivity index (χ2n) is 6.63. The summed E-state index contributed by atoms with van der Waals surface area (Å²) in [5.41, 5.74) is 0.0648. The number of para-hydroxylation sites is 1. The molecule has 0 unspecified atom stereocenters. The van der Waals surface area contributed by atoms with Gasteiger partial charge in [0.1, 0.15) is 17.5 Å². The van der Waals surface area contributed by atoms with Crippen LogP contribution in [0.5, 0.6) is 0 Å². The van der Waals surface area contributed by atoms with Crippen molar-refractivity contribution in [2.75, 3.05) is 10.6 Å². The molecule has 0 aromatic heterocycles. The molecule has 142 valence electrons. The first kappa shape index (κ1) is 18.9. The predicted octanol–water partition coefficient (Wildman–Crippen LogP) is 4.49. The molecule has 0 radical (unpaired) electrons. The zero-order chi connectivity index (χ0) is 19.4. The number of carbonyl (C=O) groups excluding carboxylic acids is 2. The van der Waals surface area contributed by atoms with Crippen molar-refractivity contribution >= 4 is 23.2 Å². The fraction of sp³-hybridized carbons (Fsp3) is 0.300. The maximum Gasteiger partial charge on any atom is 0.227 e. The largest absolute Gasteiger partial charge is 0.323 e. The van der Waals surface area contributed by atoms with Gasteiger partial charge in [-0.1, -0.05) is 12.1 Å². The van der Waals surface area contributed by atoms with E-state index in [4.69, 9.17) is 0 Å². The van der Waals surface area contributed by atoms with E-state index in [1.807, 2.05) is 0 Å². The fourth-order valence-corrected chi connectivity index (χ4v) is 3.24. The molecule has 27 heavy (non-hydrogen) atoms. The van der Waals surface area contributed by atoms with Gasteiger partial charge in [0.25, 0.3) is 0 Å². The third kappa shape index (κ3) is 4.67. The summed E-state index contributed by atoms with van der Waals surface area (Å²) in [6, 6.07) is 8.89. The lowest BCUT2D eigenvalue weighted by atomic mass is 9.81. The zero-order valence-electron chi connectivity index (χ0n) is 14.5. The standard InChI is InChI=1S/C20H19F3N2O2/c21-14-9-10-18(16(23)11-14)25-20(27)13-7-5-12(6-8-13)19(26)24-17-4-2-1-3-15(17)22/h1-4,9-13H,5-8H2,(H,24,26)(H,25,27). The van der Waals surface area contributed by atoms with Crippen molar-refractivity contribution in [3.05, 3.63) is 59.9 Å². The van der Waals surface area contributed by atoms with E-state index < -0.39 is 17.5 Å². The molecule has 1 fully saturated rings. The molecule has 1 aliphatic rings. The Morgan fingerprint density at radius 2 is 1.26 bits per heavy atom. The molecule has 3 rings (SSSR count). The second-order valence-corrected chi connectivity index (χ2v) is 6.63. The quantitative estimate of drug-likeness (QED) is 0.826. The lowest BCUT2D eigenvalue weighted by Crippen LogP contribution is -2.32. The smallest absolute Gasteiger partial charge is 0.227 e. The van der Waals surface area contributed by atoms with Crippen LogP contribution >= 0.6 is 0 Å². The van der Waals surface area contributed by atoms with Crippen LogP contribution in [-0.4, -0.2) is 11.8 Å². The molecule has 1 aliphatic carbocycles. The van der Waals surface area contributed by atoms with E-state index in [9.17, 15) is 22.8 Å². The summed E-state index contributed by atoms with van der Waals surface area (Å²) in [6.07, 6.45) is 1.88. The lowest BCUT2D eigenvalue weighted by molar-refractivity contribution is -0.125. The van der Waals surface area contributed by atoms with Crippen LogP contribution in [0.4, 0.5) is 24.5 Å². The average molecular weight is 376 g/mol. The first-order valence-corrected chi connectivity index (χ1v) is 8.75. The second kappa shape index (κ2) is 8.24. The monoisotopic (exact) mass is 376 g/mol. The van der Waals surface area contributed by atoms with Crippen LogP contribution in [0.15, 0.2) is 42.5 Å². The minimum atomic E-state index is -0.832. The van der Waals surface area contributed by atoms with Crippen LogP contribution in [-0.2, 0) is 9.59 Å². The van der Waals surface area contributed by atoms with Gasteiger partial charge in [0, 0.05) is 17.9 Å². The highest BCUT2D eigenvalue weighted by molar-refractivity contribution is 5.94. The van der Waals surface area contributed by atoms with Gasteiger partial charge in [0.15, 0.2) is 0 Å². The zero-order valence-corrected chi connectivity index (χ0v) is 14.5. The minimum absolute atomic E-state index is 0.0687. The molecule has 4 nitrogen and oxygen atoms in total. The minimum Gasteiger partial charge on any atom is -0.323 e. The van der Waals surface area contributed by atoms with Crippen molar-refractivity contribution in [1.29, 1.82) is 0 Å². The molecule has 1 saturated carbocycles. The Balaban J connectivity index is 1.53. The maximum absolute atomic E-state index is 13.6. The number of carbonyl (C=O) groups is 2. The Morgan fingerprint density at radius 1 is 0.741 bits per heavy atom. The van der Waals surface area contributed by atoms with Gasteiger partial charge in [0.2, 0.25) is 11.8 Å². The van der Waals surface area contributed by atoms with Crippen LogP contribution in [0.25, 0.3) is 0 Å². The van der Waals surface area contributed by atoms with Crippen molar-refractivity contribution in [2.45, 2.75) is 25.7 Å². The van der Waals surface area contributed by atoms with Gasteiger partial charge < -0.3 is 10.6 Å². The number of hydrogen-bond donors (Lipinski definition) is 2. The molecule has 0 spiro atoms. The summed E-state index contributed by atoms with van der Waals surface area (Å²) >= 11 is 0. The molecule has 0 bridgehead atoms. The molecule has 0 atom stereocenters. The number of halogens is 3. The maximum atomic E-state index is 13.6. The predicted molar refractivity (Wildman–Crippen MR) is 95.5 cm³/mol. The molecular formula is C20H19F3N2O2. The van der Waals surface area contributed by atoms with Gasteiger partial charge in [-0.2, -0.15) is 0 Å². The van der Waals surface area contributed by atoms with E-state index in [2.05, 4.69) is 10.6 Å². The normalized spacial score (nSPS) is 19.4. The first-order valence-electron chi connectivity index (χ1n) is 8.75. The molecular weight excluding hydrogens is 357 g/mol. The fourth-order valence-electron chi connectivity index (χ4n) is 3.24. The average Bonchev–Trinajstić information content (AvgIpc) is 2.66. The molecule has 7 heteroatoms. The molecule has 2 amide bonds. The van der Waals surface area contributed by atoms with Crippen LogP contribution in [0.1, 0.15) is 25.7 Å². The number of rotatable bonds is 4. The van der Waals surface area contributed by atoms with Gasteiger partial charge in [-0.15, -0.1) is 0 Å². The van der Waals surface area contributed by atoms with E-state index in [-0.39, 0.29) is 35.0 Å². The molecule has 2 N–H and O–H groups in total. The number of amides is 2. The summed E-state index contributed by atoms with van der Waals surface area (Å²) in [7, 11) is 0. The molecule has 0 heterocycles. The highest BCUT2D eigenvalue weighted by Crippen LogP contribution is 2.31. The molecule has 0 saturated heterocycles. The Bertz CT molecular complexity index is 849. The molecule has 0 aliphatic heterocycles. The Labute approximate surface area is 154 Å². The van der Waals surface area contributed by atoms with E-state index in [0.29, 0.717) is 31.7 Å². The van der Waals surface area contributed by atoms with Crippen molar-refractivity contribution in [2.24, 2.45) is 11.8 Å². The SMILES string of the molecule is O=C(Nc1ccccc1F)C1CCC(C(=O)Nc2ccc(F)cc2F)CC1. The number of hydrogen-bond acceptors (Lipinski definition) is 2. The van der Waals surface area contributed by atoms with E-state index in [1.54, 1.807) is 12.1 Å². The van der Waals surface area contributed by atoms with Crippen LogP contribution < -0.4 is 10.6 Å². The summed E-state index contributed by atoms with van der Waals surface area (Å²) in [5.74, 6) is -3.34. The van der Waals surface area contributed by atoms with Gasteiger partial charge in [0.05, 0.1) is 11.4 Å². The molecule has 2 aromatic rings. The van der Waals surface area contributed by atoms with Gasteiger partial charge in [-0.3, -0.25) is 9.59 Å².